The van der Waals surface area contributed by atoms with Crippen molar-refractivity contribution in [3.05, 3.63) is 275 Å². The molecule has 0 atom stereocenters. The summed E-state index contributed by atoms with van der Waals surface area (Å²) >= 11 is 0. The molecule has 0 radical (unpaired) electrons. The molecule has 0 saturated heterocycles. The number of fused-ring (bicyclic) bond motifs is 5. The molecule has 0 bridgehead atoms. The second-order valence-electron chi connectivity index (χ2n) is 22.5. The Morgan fingerprint density at radius 2 is 1.32 bits per heavy atom. The number of benzene rings is 8. The molecule has 0 amide bonds. The number of hydrogen-bond donors (Lipinski definition) is 0. The van der Waals surface area contributed by atoms with Crippen molar-refractivity contribution in [3.63, 3.8) is 0 Å². The molecule has 10 aromatic rings. The van der Waals surface area contributed by atoms with Gasteiger partial charge in [0.05, 0.1) is 5.52 Å². The van der Waals surface area contributed by atoms with Crippen LogP contribution < -0.4 is 4.90 Å². The minimum Gasteiger partial charge on any atom is -0.310 e. The Balaban J connectivity index is 0.905. The summed E-state index contributed by atoms with van der Waals surface area (Å²) in [6.07, 6.45) is 12.1. The Labute approximate surface area is 471 Å². The zero-order chi connectivity index (χ0) is 55.1. The highest BCUT2D eigenvalue weighted by atomic mass is 19.3. The Kier molecular flexibility index (Phi) is 14.2. The van der Waals surface area contributed by atoms with Crippen LogP contribution in [0.1, 0.15) is 98.7 Å². The SMILES string of the molecule is CCCC/C(=C\Cc1cc(-c2c#cc3c(c2)c2cc(-c4ccc(N(c5ccc(-c6ccc(CC(C)=C(F)F)cc6)cc5)c5ccc6c(c5)C(C)(C)C5=C6CCC=C5)cc4)ccc2n3-c2ccccc2)ccc1C)c1ccc(C)cc1. The zero-order valence-electron chi connectivity index (χ0n) is 46.7. The lowest BCUT2D eigenvalue weighted by Gasteiger charge is -2.29. The lowest BCUT2D eigenvalue weighted by molar-refractivity contribution is 0.409. The van der Waals surface area contributed by atoms with Crippen LogP contribution in [-0.4, -0.2) is 4.57 Å². The van der Waals surface area contributed by atoms with E-state index < -0.39 is 6.08 Å². The first-order valence-corrected chi connectivity index (χ1v) is 28.4. The minimum atomic E-state index is -1.61. The fourth-order valence-electron chi connectivity index (χ4n) is 12.2. The van der Waals surface area contributed by atoms with E-state index in [4.69, 9.17) is 0 Å². The van der Waals surface area contributed by atoms with Gasteiger partial charge in [0.25, 0.3) is 6.08 Å². The van der Waals surface area contributed by atoms with E-state index in [1.54, 1.807) is 0 Å². The zero-order valence-corrected chi connectivity index (χ0v) is 46.7. The molecular formula is C76H66F2N2. The van der Waals surface area contributed by atoms with E-state index in [0.29, 0.717) is 0 Å². The number of para-hydroxylation sites is 1. The van der Waals surface area contributed by atoms with Crippen molar-refractivity contribution < 1.29 is 8.78 Å². The Hall–Kier alpha value is -8.78. The third-order valence-corrected chi connectivity index (χ3v) is 16.8. The van der Waals surface area contributed by atoms with E-state index in [2.05, 4.69) is 238 Å². The number of allylic oxidation sites excluding steroid dienone is 7. The molecule has 1 heterocycles. The fraction of sp³-hybridized carbons (Fsp3) is 0.184. The summed E-state index contributed by atoms with van der Waals surface area (Å²) in [6.45, 7) is 12.9. The van der Waals surface area contributed by atoms with E-state index in [-0.39, 0.29) is 17.4 Å². The molecule has 0 fully saturated rings. The van der Waals surface area contributed by atoms with Crippen LogP contribution >= 0.6 is 0 Å². The predicted molar refractivity (Wildman–Crippen MR) is 334 cm³/mol. The molecular weight excluding hydrogens is 979 g/mol. The van der Waals surface area contributed by atoms with Gasteiger partial charge in [0.15, 0.2) is 0 Å². The summed E-state index contributed by atoms with van der Waals surface area (Å²) in [5.74, 6) is 0. The van der Waals surface area contributed by atoms with Crippen LogP contribution in [0.15, 0.2) is 224 Å². The molecule has 0 spiro atoms. The predicted octanol–water partition coefficient (Wildman–Crippen LogP) is 21.4. The number of nitrogens with zero attached hydrogens (tertiary/aromatic N) is 2. The van der Waals surface area contributed by atoms with Gasteiger partial charge >= 0.3 is 0 Å². The summed E-state index contributed by atoms with van der Waals surface area (Å²) in [4.78, 5) is 2.37. The number of rotatable bonds is 15. The lowest BCUT2D eigenvalue weighted by Crippen LogP contribution is -2.18. The maximum absolute atomic E-state index is 13.3. The van der Waals surface area contributed by atoms with Gasteiger partial charge in [-0.15, -0.1) is 0 Å². The highest BCUT2D eigenvalue weighted by Crippen LogP contribution is 2.52. The maximum atomic E-state index is 13.3. The van der Waals surface area contributed by atoms with E-state index in [0.717, 1.165) is 109 Å². The molecule has 2 aliphatic carbocycles. The fourth-order valence-corrected chi connectivity index (χ4v) is 12.2. The molecule has 0 saturated carbocycles. The first-order chi connectivity index (χ1) is 38.9. The molecule has 2 aliphatic rings. The van der Waals surface area contributed by atoms with Crippen LogP contribution in [0.4, 0.5) is 25.8 Å². The molecule has 4 heteroatoms. The Morgan fingerprint density at radius 1 is 0.662 bits per heavy atom. The standard InChI is InChI=1S/C76H66F2N2/c1-7-8-14-54(55-24-19-50(2)20-25-55)29-30-59-46-60(26-21-51(59)3)62-36-44-74-70(48-62)69-47-61(35-43-73(69)80(74)63-15-10-9-11-16-63)58-33-39-65(40-34-58)79(66-41-42-68-67-17-12-13-18-71(67)76(5,6)72(68)49-66)64-37-31-57(32-38-64)56-27-22-53(23-28-56)45-52(4)75(77)78/h9-11,13,15-16,18-29,31-35,37-43,46-49H,7-8,12,14,17,30,45H2,1-6H3/b54-29+. The number of hydrogen-bond acceptors (Lipinski definition) is 1. The van der Waals surface area contributed by atoms with Crippen molar-refractivity contribution in [2.24, 2.45) is 0 Å². The third kappa shape index (κ3) is 10.0. The second-order valence-corrected chi connectivity index (χ2v) is 22.5. The van der Waals surface area contributed by atoms with Crippen LogP contribution in [0.25, 0.3) is 72.0 Å². The van der Waals surface area contributed by atoms with E-state index in [1.165, 1.54) is 69.9 Å². The number of unbranched alkanes of at least 4 members (excludes halogenated alkanes) is 1. The largest absolute Gasteiger partial charge is 0.310 e. The molecule has 394 valence electrons. The number of aromatic nitrogens is 1. The van der Waals surface area contributed by atoms with E-state index >= 15 is 0 Å². The average Bonchev–Trinajstić information content (AvgIpc) is 3.94. The maximum Gasteiger partial charge on any atom is 0.269 e. The first-order valence-electron chi connectivity index (χ1n) is 28.4. The molecule has 0 N–H and O–H groups in total. The van der Waals surface area contributed by atoms with Crippen LogP contribution in [0.2, 0.25) is 0 Å². The van der Waals surface area contributed by atoms with Crippen LogP contribution in [0.5, 0.6) is 0 Å². The third-order valence-electron chi connectivity index (χ3n) is 16.8. The second kappa shape index (κ2) is 21.8. The summed E-state index contributed by atoms with van der Waals surface area (Å²) in [5, 5.41) is 2.30. The normalized spacial score (nSPS) is 13.6. The molecule has 12 rings (SSSR count). The lowest BCUT2D eigenvalue weighted by atomic mass is 9.80. The van der Waals surface area contributed by atoms with Crippen molar-refractivity contribution in [1.82, 2.24) is 4.57 Å². The highest BCUT2D eigenvalue weighted by molar-refractivity contribution is 6.11. The Bertz CT molecular complexity index is 4070. The molecule has 80 heavy (non-hydrogen) atoms. The van der Waals surface area contributed by atoms with Crippen LogP contribution in [0.3, 0.4) is 0 Å². The molecule has 2 nitrogen and oxygen atoms in total. The van der Waals surface area contributed by atoms with Crippen molar-refractivity contribution in [2.45, 2.75) is 91.9 Å². The van der Waals surface area contributed by atoms with Crippen LogP contribution in [0, 0.1) is 26.0 Å². The van der Waals surface area contributed by atoms with Crippen LogP contribution in [-0.2, 0) is 18.3 Å². The van der Waals surface area contributed by atoms with Gasteiger partial charge in [0.2, 0.25) is 0 Å². The van der Waals surface area contributed by atoms with Crippen molar-refractivity contribution in [1.29, 1.82) is 0 Å². The topological polar surface area (TPSA) is 8.17 Å². The van der Waals surface area contributed by atoms with Crippen molar-refractivity contribution >= 4 is 50.0 Å². The van der Waals surface area contributed by atoms with Gasteiger partial charge in [-0.25, -0.2) is 0 Å². The highest BCUT2D eigenvalue weighted by Gasteiger charge is 2.37. The molecule has 9 aromatic carbocycles. The quantitative estimate of drug-likeness (QED) is 0.0993. The first kappa shape index (κ1) is 51.9. The van der Waals surface area contributed by atoms with Crippen molar-refractivity contribution in [2.75, 3.05) is 4.90 Å². The summed E-state index contributed by atoms with van der Waals surface area (Å²) in [5.41, 5.74) is 26.0. The molecule has 0 aliphatic heterocycles. The monoisotopic (exact) mass is 1040 g/mol. The van der Waals surface area contributed by atoms with Gasteiger partial charge in [-0.3, -0.25) is 0 Å². The summed E-state index contributed by atoms with van der Waals surface area (Å²) in [6, 6.07) is 75.6. The van der Waals surface area contributed by atoms with Crippen molar-refractivity contribution in [3.8, 4) is 39.1 Å². The van der Waals surface area contributed by atoms with Gasteiger partial charge in [-0.1, -0.05) is 172 Å². The summed E-state index contributed by atoms with van der Waals surface area (Å²) < 4.78 is 28.8. The van der Waals surface area contributed by atoms with Gasteiger partial charge in [0.1, 0.15) is 5.52 Å². The minimum absolute atomic E-state index is 0.0970. The number of anilines is 3. The Morgan fingerprint density at radius 3 is 2.02 bits per heavy atom. The van der Waals surface area contributed by atoms with Gasteiger partial charge in [-0.05, 0) is 222 Å². The van der Waals surface area contributed by atoms with E-state index in [1.807, 2.05) is 24.3 Å². The summed E-state index contributed by atoms with van der Waals surface area (Å²) in [7, 11) is 0. The van der Waals surface area contributed by atoms with Gasteiger partial charge in [0, 0.05) is 44.5 Å². The van der Waals surface area contributed by atoms with Gasteiger partial charge < -0.3 is 9.47 Å². The van der Waals surface area contributed by atoms with Gasteiger partial charge in [-0.2, -0.15) is 8.78 Å². The molecule has 1 aromatic heterocycles. The van der Waals surface area contributed by atoms with E-state index in [9.17, 15) is 8.78 Å². The smallest absolute Gasteiger partial charge is 0.269 e. The average molecular weight is 1050 g/mol. The molecule has 0 unspecified atom stereocenters. The number of aryl methyl sites for hydroxylation is 2. The number of halogens is 2.